The van der Waals surface area contributed by atoms with Crippen LogP contribution in [0.3, 0.4) is 0 Å². The minimum Gasteiger partial charge on any atom is -0.342 e. The van der Waals surface area contributed by atoms with Crippen LogP contribution >= 0.6 is 11.6 Å². The molecule has 32 heavy (non-hydrogen) atoms. The summed E-state index contributed by atoms with van der Waals surface area (Å²) in [6.07, 6.45) is 5.11. The molecule has 2 amide bonds. The van der Waals surface area contributed by atoms with Crippen LogP contribution < -0.4 is 0 Å². The molecule has 166 valence electrons. The monoisotopic (exact) mass is 451 g/mol. The van der Waals surface area contributed by atoms with Gasteiger partial charge in [-0.05, 0) is 56.0 Å². The summed E-state index contributed by atoms with van der Waals surface area (Å²) in [4.78, 5) is 42.2. The van der Waals surface area contributed by atoms with Crippen molar-refractivity contribution in [3.8, 4) is 0 Å². The molecule has 0 bridgehead atoms. The molecule has 2 aliphatic rings. The van der Waals surface area contributed by atoms with Gasteiger partial charge in [0.15, 0.2) is 5.65 Å². The lowest BCUT2D eigenvalue weighted by atomic mass is 9.91. The Morgan fingerprint density at radius 3 is 2.66 bits per heavy atom. The fourth-order valence-corrected chi connectivity index (χ4v) is 5.04. The quantitative estimate of drug-likeness (QED) is 0.655. The SMILES string of the molecule is O=C(c1cccc(Cl)c1)N1CCC(C(=O)N2CCCC(c3nc4ncccc4[nH]3)C2)CC1. The summed E-state index contributed by atoms with van der Waals surface area (Å²) in [6.45, 7) is 2.65. The van der Waals surface area contributed by atoms with Gasteiger partial charge < -0.3 is 14.8 Å². The van der Waals surface area contributed by atoms with Gasteiger partial charge in [-0.3, -0.25) is 9.59 Å². The number of halogens is 1. The Morgan fingerprint density at radius 2 is 1.88 bits per heavy atom. The van der Waals surface area contributed by atoms with Crippen molar-refractivity contribution in [2.45, 2.75) is 31.6 Å². The number of H-pyrrole nitrogens is 1. The molecule has 3 aromatic rings. The van der Waals surface area contributed by atoms with Crippen LogP contribution in [0, 0.1) is 5.92 Å². The molecule has 2 aliphatic heterocycles. The second-order valence-electron chi connectivity index (χ2n) is 8.70. The van der Waals surface area contributed by atoms with Gasteiger partial charge in [-0.15, -0.1) is 0 Å². The third-order valence-corrected chi connectivity index (χ3v) is 6.83. The first-order valence-electron chi connectivity index (χ1n) is 11.2. The van der Waals surface area contributed by atoms with Gasteiger partial charge >= 0.3 is 0 Å². The van der Waals surface area contributed by atoms with Crippen molar-refractivity contribution in [2.75, 3.05) is 26.2 Å². The van der Waals surface area contributed by atoms with E-state index in [1.165, 1.54) is 0 Å². The number of hydrogen-bond acceptors (Lipinski definition) is 4. The van der Waals surface area contributed by atoms with Crippen LogP contribution in [0.1, 0.15) is 47.8 Å². The van der Waals surface area contributed by atoms with Crippen LogP contribution in [0.15, 0.2) is 42.6 Å². The van der Waals surface area contributed by atoms with Crippen LogP contribution in [-0.2, 0) is 4.79 Å². The second-order valence-corrected chi connectivity index (χ2v) is 9.13. The number of rotatable bonds is 3. The normalized spacial score (nSPS) is 20.0. The first-order chi connectivity index (χ1) is 15.6. The zero-order valence-electron chi connectivity index (χ0n) is 17.8. The second kappa shape index (κ2) is 8.90. The standard InChI is InChI=1S/C24H26ClN5O2/c25-19-6-1-4-17(14-19)24(32)29-12-8-16(9-13-29)23(31)30-11-3-5-18(15-30)21-27-20-7-2-10-26-22(20)28-21/h1-2,4,6-7,10,14,16,18H,3,5,8-9,11-13,15H2,(H,26,27,28). The van der Waals surface area contributed by atoms with Crippen LogP contribution in [0.25, 0.3) is 11.2 Å². The molecular formula is C24H26ClN5O2. The largest absolute Gasteiger partial charge is 0.342 e. The Hall–Kier alpha value is -2.93. The molecule has 4 heterocycles. The number of piperidine rings is 2. The van der Waals surface area contributed by atoms with Gasteiger partial charge in [-0.2, -0.15) is 0 Å². The van der Waals surface area contributed by atoms with Gasteiger partial charge in [0.05, 0.1) is 5.52 Å². The summed E-state index contributed by atoms with van der Waals surface area (Å²) in [5, 5.41) is 0.556. The van der Waals surface area contributed by atoms with Crippen molar-refractivity contribution in [2.24, 2.45) is 5.92 Å². The molecule has 1 aromatic carbocycles. The summed E-state index contributed by atoms with van der Waals surface area (Å²) in [5.74, 6) is 1.27. The Kier molecular flexibility index (Phi) is 5.83. The van der Waals surface area contributed by atoms with Crippen molar-refractivity contribution < 1.29 is 9.59 Å². The van der Waals surface area contributed by atoms with Crippen molar-refractivity contribution >= 4 is 34.6 Å². The summed E-state index contributed by atoms with van der Waals surface area (Å²) >= 11 is 6.03. The van der Waals surface area contributed by atoms with Crippen LogP contribution in [0.5, 0.6) is 0 Å². The summed E-state index contributed by atoms with van der Waals surface area (Å²) in [7, 11) is 0. The highest BCUT2D eigenvalue weighted by Gasteiger charge is 2.33. The van der Waals surface area contributed by atoms with E-state index in [0.29, 0.717) is 43.1 Å². The Labute approximate surface area is 191 Å². The Morgan fingerprint density at radius 1 is 1.03 bits per heavy atom. The maximum atomic E-state index is 13.3. The van der Waals surface area contributed by atoms with Gasteiger partial charge in [0.25, 0.3) is 5.91 Å². The van der Waals surface area contributed by atoms with E-state index in [4.69, 9.17) is 11.6 Å². The number of aromatic amines is 1. The predicted octanol–water partition coefficient (Wildman–Crippen LogP) is 3.87. The van der Waals surface area contributed by atoms with Crippen molar-refractivity contribution in [3.63, 3.8) is 0 Å². The maximum Gasteiger partial charge on any atom is 0.253 e. The molecule has 8 heteroatoms. The van der Waals surface area contributed by atoms with E-state index in [1.54, 1.807) is 30.5 Å². The fourth-order valence-electron chi connectivity index (χ4n) is 4.85. The molecule has 2 saturated heterocycles. The van der Waals surface area contributed by atoms with Crippen LogP contribution in [0.2, 0.25) is 5.02 Å². The smallest absolute Gasteiger partial charge is 0.253 e. The number of carbonyl (C=O) groups excluding carboxylic acids is 2. The molecular weight excluding hydrogens is 426 g/mol. The number of aromatic nitrogens is 3. The summed E-state index contributed by atoms with van der Waals surface area (Å²) in [6, 6.07) is 10.9. The Balaban J connectivity index is 1.20. The number of nitrogens with zero attached hydrogens (tertiary/aromatic N) is 4. The lowest BCUT2D eigenvalue weighted by Gasteiger charge is -2.37. The van der Waals surface area contributed by atoms with Gasteiger partial charge in [-0.1, -0.05) is 17.7 Å². The van der Waals surface area contributed by atoms with E-state index in [9.17, 15) is 9.59 Å². The number of likely N-dealkylation sites (tertiary alicyclic amines) is 2. The highest BCUT2D eigenvalue weighted by atomic mass is 35.5. The highest BCUT2D eigenvalue weighted by molar-refractivity contribution is 6.30. The molecule has 0 radical (unpaired) electrons. The first kappa shape index (κ1) is 20.9. The molecule has 5 rings (SSSR count). The molecule has 7 nitrogen and oxygen atoms in total. The summed E-state index contributed by atoms with van der Waals surface area (Å²) in [5.41, 5.74) is 2.26. The van der Waals surface area contributed by atoms with Crippen molar-refractivity contribution in [1.82, 2.24) is 24.8 Å². The average Bonchev–Trinajstić information content (AvgIpc) is 3.28. The van der Waals surface area contributed by atoms with E-state index in [2.05, 4.69) is 15.0 Å². The van der Waals surface area contributed by atoms with E-state index in [-0.39, 0.29) is 23.7 Å². The van der Waals surface area contributed by atoms with Gasteiger partial charge in [0.1, 0.15) is 5.82 Å². The maximum absolute atomic E-state index is 13.3. The molecule has 2 fully saturated rings. The van der Waals surface area contributed by atoms with Crippen LogP contribution in [0.4, 0.5) is 0 Å². The zero-order chi connectivity index (χ0) is 22.1. The van der Waals surface area contributed by atoms with E-state index < -0.39 is 0 Å². The van der Waals surface area contributed by atoms with Gasteiger partial charge in [-0.25, -0.2) is 9.97 Å². The highest BCUT2D eigenvalue weighted by Crippen LogP contribution is 2.29. The predicted molar refractivity (Wildman–Crippen MR) is 123 cm³/mol. The number of amides is 2. The number of imidazole rings is 1. The van der Waals surface area contributed by atoms with Crippen LogP contribution in [-0.4, -0.2) is 62.7 Å². The number of pyridine rings is 1. The number of benzene rings is 1. The lowest BCUT2D eigenvalue weighted by molar-refractivity contribution is -0.138. The fraction of sp³-hybridized carbons (Fsp3) is 0.417. The lowest BCUT2D eigenvalue weighted by Crippen LogP contribution is -2.47. The molecule has 1 N–H and O–H groups in total. The minimum absolute atomic E-state index is 0.0186. The number of nitrogens with one attached hydrogen (secondary N) is 1. The Bertz CT molecular complexity index is 1110. The molecule has 2 aromatic heterocycles. The molecule has 0 aliphatic carbocycles. The van der Waals surface area contributed by atoms with E-state index in [1.807, 2.05) is 21.9 Å². The van der Waals surface area contributed by atoms with Gasteiger partial charge in [0, 0.05) is 54.8 Å². The zero-order valence-corrected chi connectivity index (χ0v) is 18.6. The number of fused-ring (bicyclic) bond motifs is 1. The molecule has 1 atom stereocenters. The molecule has 0 saturated carbocycles. The third-order valence-electron chi connectivity index (χ3n) is 6.60. The number of hydrogen-bond donors (Lipinski definition) is 1. The van der Waals surface area contributed by atoms with E-state index >= 15 is 0 Å². The minimum atomic E-state index is -0.0329. The van der Waals surface area contributed by atoms with E-state index in [0.717, 1.165) is 36.4 Å². The summed E-state index contributed by atoms with van der Waals surface area (Å²) < 4.78 is 0. The van der Waals surface area contributed by atoms with Crippen molar-refractivity contribution in [3.05, 3.63) is 59.0 Å². The first-order valence-corrected chi connectivity index (χ1v) is 11.6. The number of carbonyl (C=O) groups is 2. The van der Waals surface area contributed by atoms with Crippen molar-refractivity contribution in [1.29, 1.82) is 0 Å². The average molecular weight is 452 g/mol. The molecule has 1 unspecified atom stereocenters. The topological polar surface area (TPSA) is 82.2 Å². The third kappa shape index (κ3) is 4.21. The molecule has 0 spiro atoms. The van der Waals surface area contributed by atoms with Gasteiger partial charge in [0.2, 0.25) is 5.91 Å².